The van der Waals surface area contributed by atoms with E-state index in [1.807, 2.05) is 0 Å². The Labute approximate surface area is 122 Å². The zero-order valence-electron chi connectivity index (χ0n) is 10.5. The van der Waals surface area contributed by atoms with Crippen LogP contribution in [0.15, 0.2) is 41.0 Å². The van der Waals surface area contributed by atoms with E-state index in [9.17, 15) is 18.0 Å². The van der Waals surface area contributed by atoms with Gasteiger partial charge in [-0.2, -0.15) is 13.2 Å². The topological polar surface area (TPSA) is 54.3 Å². The summed E-state index contributed by atoms with van der Waals surface area (Å²) in [6.07, 6.45) is -3.14. The minimum Gasteiger partial charge on any atom is -0.467 e. The Balaban J connectivity index is 2.01. The molecule has 0 fully saturated rings. The Morgan fingerprint density at radius 1 is 1.29 bits per heavy atom. The van der Waals surface area contributed by atoms with Gasteiger partial charge in [-0.3, -0.25) is 0 Å². The van der Waals surface area contributed by atoms with Gasteiger partial charge in [0.15, 0.2) is 0 Å². The summed E-state index contributed by atoms with van der Waals surface area (Å²) in [4.78, 5) is 11.6. The number of carbonyl (C=O) groups excluding carboxylic acids is 1. The molecular formula is C13H10ClF3N2O2. The van der Waals surface area contributed by atoms with Crippen LogP contribution in [-0.2, 0) is 12.7 Å². The molecule has 2 amide bonds. The van der Waals surface area contributed by atoms with Gasteiger partial charge in [0.1, 0.15) is 5.76 Å². The van der Waals surface area contributed by atoms with Crippen molar-refractivity contribution in [1.29, 1.82) is 0 Å². The fourth-order valence-corrected chi connectivity index (χ4v) is 1.80. The zero-order chi connectivity index (χ0) is 15.5. The van der Waals surface area contributed by atoms with Crippen molar-refractivity contribution in [3.63, 3.8) is 0 Å². The largest absolute Gasteiger partial charge is 0.467 e. The second kappa shape index (κ2) is 6.09. The van der Waals surface area contributed by atoms with Crippen LogP contribution in [0.4, 0.5) is 23.7 Å². The number of urea groups is 1. The molecule has 0 radical (unpaired) electrons. The van der Waals surface area contributed by atoms with Crippen LogP contribution in [0.3, 0.4) is 0 Å². The van der Waals surface area contributed by atoms with Crippen molar-refractivity contribution >= 4 is 23.3 Å². The number of rotatable bonds is 3. The van der Waals surface area contributed by atoms with Crippen LogP contribution >= 0.6 is 11.6 Å². The van der Waals surface area contributed by atoms with E-state index in [0.717, 1.165) is 12.1 Å². The molecule has 1 heterocycles. The lowest BCUT2D eigenvalue weighted by Crippen LogP contribution is -2.28. The third kappa shape index (κ3) is 4.16. The first-order chi connectivity index (χ1) is 9.86. The predicted octanol–water partition coefficient (Wildman–Crippen LogP) is 4.27. The minimum absolute atomic E-state index is 0.0105. The molecule has 0 aliphatic rings. The van der Waals surface area contributed by atoms with Crippen LogP contribution in [-0.4, -0.2) is 6.03 Å². The van der Waals surface area contributed by atoms with Crippen LogP contribution in [0.5, 0.6) is 0 Å². The fourth-order valence-electron chi connectivity index (χ4n) is 1.58. The van der Waals surface area contributed by atoms with Crippen molar-refractivity contribution in [3.8, 4) is 0 Å². The van der Waals surface area contributed by atoms with Gasteiger partial charge in [-0.05, 0) is 30.3 Å². The highest BCUT2D eigenvalue weighted by Gasteiger charge is 2.33. The average molecular weight is 319 g/mol. The first kappa shape index (κ1) is 15.2. The molecule has 0 saturated heterocycles. The zero-order valence-corrected chi connectivity index (χ0v) is 11.3. The number of furan rings is 1. The monoisotopic (exact) mass is 318 g/mol. The molecule has 0 saturated carbocycles. The number of carbonyl (C=O) groups is 1. The Morgan fingerprint density at radius 2 is 2.05 bits per heavy atom. The Hall–Kier alpha value is -2.15. The lowest BCUT2D eigenvalue weighted by molar-refractivity contribution is -0.137. The summed E-state index contributed by atoms with van der Waals surface area (Å²) in [5.74, 6) is 0.525. The molecule has 112 valence electrons. The molecule has 1 aromatic carbocycles. The molecule has 0 bridgehead atoms. The summed E-state index contributed by atoms with van der Waals surface area (Å²) in [7, 11) is 0. The molecule has 1 aromatic heterocycles. The van der Waals surface area contributed by atoms with E-state index in [4.69, 9.17) is 16.0 Å². The van der Waals surface area contributed by atoms with Crippen LogP contribution < -0.4 is 10.6 Å². The molecule has 0 unspecified atom stereocenters. The van der Waals surface area contributed by atoms with Crippen molar-refractivity contribution in [1.82, 2.24) is 5.32 Å². The maximum absolute atomic E-state index is 12.7. The highest BCUT2D eigenvalue weighted by atomic mass is 35.5. The molecule has 0 aliphatic carbocycles. The molecule has 2 N–H and O–H groups in total. The normalized spacial score (nSPS) is 11.2. The maximum Gasteiger partial charge on any atom is 0.417 e. The number of anilines is 1. The predicted molar refractivity (Wildman–Crippen MR) is 71.0 cm³/mol. The molecule has 0 aliphatic heterocycles. The Kier molecular flexibility index (Phi) is 4.42. The van der Waals surface area contributed by atoms with Gasteiger partial charge in [-0.15, -0.1) is 0 Å². The van der Waals surface area contributed by atoms with Gasteiger partial charge in [-0.1, -0.05) is 11.6 Å². The standard InChI is InChI=1S/C13H10ClF3N2O2/c14-11-4-3-8(6-10(11)13(15,16)17)19-12(20)18-7-9-2-1-5-21-9/h1-6H,7H2,(H2,18,19,20). The van der Waals surface area contributed by atoms with Crippen molar-refractivity contribution in [3.05, 3.63) is 52.9 Å². The van der Waals surface area contributed by atoms with Gasteiger partial charge in [0.25, 0.3) is 0 Å². The molecular weight excluding hydrogens is 309 g/mol. The number of halogens is 4. The molecule has 21 heavy (non-hydrogen) atoms. The van der Waals surface area contributed by atoms with E-state index in [-0.39, 0.29) is 12.2 Å². The SMILES string of the molecule is O=C(NCc1ccco1)Nc1ccc(Cl)c(C(F)(F)F)c1. The van der Waals surface area contributed by atoms with Crippen LogP contribution in [0.25, 0.3) is 0 Å². The van der Waals surface area contributed by atoms with Crippen molar-refractivity contribution in [2.45, 2.75) is 12.7 Å². The lowest BCUT2D eigenvalue weighted by atomic mass is 10.2. The molecule has 4 nitrogen and oxygen atoms in total. The van der Waals surface area contributed by atoms with Gasteiger partial charge in [-0.25, -0.2) is 4.79 Å². The molecule has 0 atom stereocenters. The minimum atomic E-state index is -4.58. The summed E-state index contributed by atoms with van der Waals surface area (Å²) in [6.45, 7) is 0.124. The maximum atomic E-state index is 12.7. The number of hydrogen-bond donors (Lipinski definition) is 2. The summed E-state index contributed by atoms with van der Waals surface area (Å²) >= 11 is 5.49. The molecule has 0 spiro atoms. The highest BCUT2D eigenvalue weighted by Crippen LogP contribution is 2.36. The summed E-state index contributed by atoms with van der Waals surface area (Å²) in [5, 5.41) is 4.32. The smallest absolute Gasteiger partial charge is 0.417 e. The van der Waals surface area contributed by atoms with E-state index in [1.54, 1.807) is 12.1 Å². The molecule has 2 aromatic rings. The molecule has 2 rings (SSSR count). The van der Waals surface area contributed by atoms with Crippen molar-refractivity contribution < 1.29 is 22.4 Å². The van der Waals surface area contributed by atoms with E-state index in [0.29, 0.717) is 5.76 Å². The van der Waals surface area contributed by atoms with Gasteiger partial charge >= 0.3 is 12.2 Å². The third-order valence-corrected chi connectivity index (χ3v) is 2.86. The summed E-state index contributed by atoms with van der Waals surface area (Å²) < 4.78 is 43.0. The Morgan fingerprint density at radius 3 is 2.67 bits per heavy atom. The third-order valence-electron chi connectivity index (χ3n) is 2.53. The van der Waals surface area contributed by atoms with Gasteiger partial charge in [0.2, 0.25) is 0 Å². The first-order valence-electron chi connectivity index (χ1n) is 5.80. The van der Waals surface area contributed by atoms with Crippen molar-refractivity contribution in [2.24, 2.45) is 0 Å². The van der Waals surface area contributed by atoms with E-state index in [2.05, 4.69) is 10.6 Å². The number of nitrogens with one attached hydrogen (secondary N) is 2. The van der Waals surface area contributed by atoms with E-state index >= 15 is 0 Å². The Bertz CT molecular complexity index is 627. The van der Waals surface area contributed by atoms with Crippen LogP contribution in [0, 0.1) is 0 Å². The fraction of sp³-hybridized carbons (Fsp3) is 0.154. The lowest BCUT2D eigenvalue weighted by Gasteiger charge is -2.12. The van der Waals surface area contributed by atoms with Crippen molar-refractivity contribution in [2.75, 3.05) is 5.32 Å². The average Bonchev–Trinajstić information content (AvgIpc) is 2.90. The highest BCUT2D eigenvalue weighted by molar-refractivity contribution is 6.31. The van der Waals surface area contributed by atoms with Gasteiger partial charge < -0.3 is 15.1 Å². The van der Waals surface area contributed by atoms with Gasteiger partial charge in [0.05, 0.1) is 23.4 Å². The van der Waals surface area contributed by atoms with E-state index < -0.39 is 22.8 Å². The first-order valence-corrected chi connectivity index (χ1v) is 6.18. The van der Waals surface area contributed by atoms with Crippen LogP contribution in [0.1, 0.15) is 11.3 Å². The number of benzene rings is 1. The molecule has 8 heteroatoms. The summed E-state index contributed by atoms with van der Waals surface area (Å²) in [5.41, 5.74) is -1.02. The summed E-state index contributed by atoms with van der Waals surface area (Å²) in [6, 6.07) is 5.79. The quantitative estimate of drug-likeness (QED) is 0.887. The van der Waals surface area contributed by atoms with Crippen LogP contribution in [0.2, 0.25) is 5.02 Å². The second-order valence-corrected chi connectivity index (χ2v) is 4.49. The number of hydrogen-bond acceptors (Lipinski definition) is 2. The van der Waals surface area contributed by atoms with Gasteiger partial charge in [0, 0.05) is 5.69 Å². The number of amides is 2. The van der Waals surface area contributed by atoms with E-state index in [1.165, 1.54) is 12.3 Å². The number of alkyl halides is 3. The second-order valence-electron chi connectivity index (χ2n) is 4.08.